The Morgan fingerprint density at radius 3 is 2.48 bits per heavy atom. The first kappa shape index (κ1) is 17.6. The van der Waals surface area contributed by atoms with Crippen molar-refractivity contribution in [2.24, 2.45) is 0 Å². The summed E-state index contributed by atoms with van der Waals surface area (Å²) in [5.74, 6) is 0. The van der Waals surface area contributed by atoms with Gasteiger partial charge < -0.3 is 4.98 Å². The third kappa shape index (κ3) is 3.08. The van der Waals surface area contributed by atoms with Gasteiger partial charge in [0, 0.05) is 31.5 Å². The van der Waals surface area contributed by atoms with Crippen LogP contribution in [0.4, 0.5) is 0 Å². The molecule has 1 saturated heterocycles. The monoisotopic (exact) mass is 386 g/mol. The van der Waals surface area contributed by atoms with E-state index < -0.39 is 15.7 Å². The highest BCUT2D eigenvalue weighted by molar-refractivity contribution is 7.89. The van der Waals surface area contributed by atoms with E-state index in [1.807, 2.05) is 0 Å². The van der Waals surface area contributed by atoms with E-state index in [0.717, 1.165) is 0 Å². The number of aromatic amines is 1. The maximum Gasteiger partial charge on any atom is 0.329 e. The van der Waals surface area contributed by atoms with E-state index in [4.69, 9.17) is 0 Å². The van der Waals surface area contributed by atoms with Crippen molar-refractivity contribution in [2.45, 2.75) is 23.8 Å². The van der Waals surface area contributed by atoms with Gasteiger partial charge in [0.05, 0.1) is 10.9 Å². The van der Waals surface area contributed by atoms with Crippen LogP contribution >= 0.6 is 0 Å². The molecule has 3 heterocycles. The molecule has 0 unspecified atom stereocenters. The molecule has 1 fully saturated rings. The van der Waals surface area contributed by atoms with Gasteiger partial charge in [0.15, 0.2) is 0 Å². The molecule has 3 aromatic rings. The second-order valence-corrected chi connectivity index (χ2v) is 8.41. The summed E-state index contributed by atoms with van der Waals surface area (Å²) in [6, 6.07) is 9.60. The zero-order valence-electron chi connectivity index (χ0n) is 14.4. The molecule has 1 aliphatic rings. The molecule has 0 saturated carbocycles. The summed E-state index contributed by atoms with van der Waals surface area (Å²) < 4.78 is 28.0. The third-order valence-electron chi connectivity index (χ3n) is 4.90. The first-order valence-corrected chi connectivity index (χ1v) is 10.1. The van der Waals surface area contributed by atoms with Gasteiger partial charge in [0.2, 0.25) is 10.0 Å². The summed E-state index contributed by atoms with van der Waals surface area (Å²) in [4.78, 5) is 31.9. The molecule has 1 aliphatic heterocycles. The molecule has 0 amide bonds. The van der Waals surface area contributed by atoms with Crippen molar-refractivity contribution in [3.63, 3.8) is 0 Å². The molecule has 0 atom stereocenters. The van der Waals surface area contributed by atoms with Crippen molar-refractivity contribution >= 4 is 20.9 Å². The second-order valence-electron chi connectivity index (χ2n) is 6.47. The molecule has 0 aliphatic carbocycles. The summed E-state index contributed by atoms with van der Waals surface area (Å²) >= 11 is 0. The fraction of sp³-hybridized carbons (Fsp3) is 0.278. The van der Waals surface area contributed by atoms with Gasteiger partial charge in [0.25, 0.3) is 5.56 Å². The van der Waals surface area contributed by atoms with Gasteiger partial charge in [-0.2, -0.15) is 4.31 Å². The van der Waals surface area contributed by atoms with Gasteiger partial charge in [-0.15, -0.1) is 0 Å². The van der Waals surface area contributed by atoms with Gasteiger partial charge in [-0.25, -0.2) is 13.2 Å². The fourth-order valence-electron chi connectivity index (χ4n) is 3.50. The van der Waals surface area contributed by atoms with Crippen molar-refractivity contribution in [2.75, 3.05) is 13.1 Å². The Morgan fingerprint density at radius 1 is 1.04 bits per heavy atom. The van der Waals surface area contributed by atoms with Crippen LogP contribution in [0.5, 0.6) is 0 Å². The van der Waals surface area contributed by atoms with Crippen LogP contribution in [-0.4, -0.2) is 40.3 Å². The Balaban J connectivity index is 1.61. The minimum Gasteiger partial charge on any atom is -0.307 e. The van der Waals surface area contributed by atoms with Crippen molar-refractivity contribution < 1.29 is 8.42 Å². The number of nitrogens with zero attached hydrogens (tertiary/aromatic N) is 3. The van der Waals surface area contributed by atoms with E-state index in [-0.39, 0.29) is 29.6 Å². The predicted octanol–water partition coefficient (Wildman–Crippen LogP) is 1.11. The number of fused-ring (bicyclic) bond motifs is 1. The molecule has 27 heavy (non-hydrogen) atoms. The summed E-state index contributed by atoms with van der Waals surface area (Å²) in [5, 5.41) is 0.447. The zero-order chi connectivity index (χ0) is 19.0. The van der Waals surface area contributed by atoms with Crippen molar-refractivity contribution in [3.05, 3.63) is 69.6 Å². The molecule has 1 N–H and O–H groups in total. The van der Waals surface area contributed by atoms with Crippen LogP contribution in [0.25, 0.3) is 10.9 Å². The van der Waals surface area contributed by atoms with Crippen molar-refractivity contribution in [1.29, 1.82) is 0 Å². The highest BCUT2D eigenvalue weighted by Gasteiger charge is 2.31. The van der Waals surface area contributed by atoms with Gasteiger partial charge in [0.1, 0.15) is 4.90 Å². The number of pyridine rings is 1. The molecular formula is C18H18N4O4S. The highest BCUT2D eigenvalue weighted by atomic mass is 32.2. The average molecular weight is 386 g/mol. The lowest BCUT2D eigenvalue weighted by atomic mass is 10.1. The summed E-state index contributed by atoms with van der Waals surface area (Å²) in [5.41, 5.74) is -0.310. The van der Waals surface area contributed by atoms with E-state index in [9.17, 15) is 18.0 Å². The van der Waals surface area contributed by atoms with E-state index in [0.29, 0.717) is 23.7 Å². The summed E-state index contributed by atoms with van der Waals surface area (Å²) in [6.07, 6.45) is 3.62. The van der Waals surface area contributed by atoms with Crippen LogP contribution in [0.15, 0.2) is 63.3 Å². The van der Waals surface area contributed by atoms with Gasteiger partial charge >= 0.3 is 5.69 Å². The van der Waals surface area contributed by atoms with Gasteiger partial charge in [-0.05, 0) is 37.1 Å². The minimum absolute atomic E-state index is 0.143. The molecule has 1 aromatic carbocycles. The normalized spacial score (nSPS) is 16.6. The van der Waals surface area contributed by atoms with E-state index in [1.165, 1.54) is 27.3 Å². The Kier molecular flexibility index (Phi) is 4.40. The lowest BCUT2D eigenvalue weighted by Gasteiger charge is -2.31. The molecule has 2 aromatic heterocycles. The lowest BCUT2D eigenvalue weighted by Crippen LogP contribution is -2.44. The second kappa shape index (κ2) is 6.75. The summed E-state index contributed by atoms with van der Waals surface area (Å²) in [6.45, 7) is 0.473. The van der Waals surface area contributed by atoms with Crippen LogP contribution in [0.3, 0.4) is 0 Å². The average Bonchev–Trinajstić information content (AvgIpc) is 2.69. The number of sulfonamides is 1. The van der Waals surface area contributed by atoms with E-state index >= 15 is 0 Å². The smallest absolute Gasteiger partial charge is 0.307 e. The molecule has 0 radical (unpaired) electrons. The van der Waals surface area contributed by atoms with E-state index in [2.05, 4.69) is 9.97 Å². The lowest BCUT2D eigenvalue weighted by molar-refractivity contribution is 0.266. The predicted molar refractivity (Wildman–Crippen MR) is 100 cm³/mol. The van der Waals surface area contributed by atoms with E-state index in [1.54, 1.807) is 30.3 Å². The number of rotatable bonds is 3. The van der Waals surface area contributed by atoms with Gasteiger partial charge in [-0.1, -0.05) is 12.1 Å². The SMILES string of the molecule is O=c1[nH]c2ccccc2c(=O)n1C1CCN(S(=O)(=O)c2cccnc2)CC1. The Hall–Kier alpha value is -2.78. The van der Waals surface area contributed by atoms with Crippen LogP contribution < -0.4 is 11.2 Å². The van der Waals surface area contributed by atoms with Crippen molar-refractivity contribution in [1.82, 2.24) is 18.8 Å². The maximum atomic E-state index is 12.8. The highest BCUT2D eigenvalue weighted by Crippen LogP contribution is 2.25. The largest absolute Gasteiger partial charge is 0.329 e. The van der Waals surface area contributed by atoms with Gasteiger partial charge in [-0.3, -0.25) is 14.3 Å². The number of para-hydroxylation sites is 1. The van der Waals surface area contributed by atoms with Crippen LogP contribution in [0.1, 0.15) is 18.9 Å². The zero-order valence-corrected chi connectivity index (χ0v) is 15.2. The number of aromatic nitrogens is 3. The molecule has 4 rings (SSSR count). The Bertz CT molecular complexity index is 1190. The maximum absolute atomic E-state index is 12.8. The standard InChI is InChI=1S/C18H18N4O4S/c23-17-15-5-1-2-6-16(15)20-18(24)22(17)13-7-10-21(11-8-13)27(25,26)14-4-3-9-19-12-14/h1-6,9,12-13H,7-8,10-11H2,(H,20,24). The number of piperidine rings is 1. The molecule has 0 spiro atoms. The number of hydrogen-bond donors (Lipinski definition) is 1. The Morgan fingerprint density at radius 2 is 1.78 bits per heavy atom. The minimum atomic E-state index is -3.63. The van der Waals surface area contributed by atoms with Crippen molar-refractivity contribution in [3.8, 4) is 0 Å². The number of nitrogens with one attached hydrogen (secondary N) is 1. The van der Waals surface area contributed by atoms with Crippen LogP contribution in [0.2, 0.25) is 0 Å². The molecule has 140 valence electrons. The van der Waals surface area contributed by atoms with Crippen LogP contribution in [-0.2, 0) is 10.0 Å². The van der Waals surface area contributed by atoms with Crippen LogP contribution in [0, 0.1) is 0 Å². The number of H-pyrrole nitrogens is 1. The summed E-state index contributed by atoms with van der Waals surface area (Å²) in [7, 11) is -3.63. The molecular weight excluding hydrogens is 368 g/mol. The molecule has 0 bridgehead atoms. The first-order chi connectivity index (χ1) is 13.0. The number of benzene rings is 1. The Labute approximate surface area is 155 Å². The first-order valence-electron chi connectivity index (χ1n) is 8.62. The quantitative estimate of drug-likeness (QED) is 0.726. The fourth-order valence-corrected chi connectivity index (χ4v) is 4.93. The topological polar surface area (TPSA) is 105 Å². The number of hydrogen-bond acceptors (Lipinski definition) is 5. The molecule has 8 nitrogen and oxygen atoms in total. The molecule has 9 heteroatoms. The third-order valence-corrected chi connectivity index (χ3v) is 6.78.